The predicted molar refractivity (Wildman–Crippen MR) is 127 cm³/mol. The highest BCUT2D eigenvalue weighted by Crippen LogP contribution is 2.34. The maximum atomic E-state index is 13.5. The molecule has 33 heavy (non-hydrogen) atoms. The van der Waals surface area contributed by atoms with Crippen LogP contribution in [0.25, 0.3) is 10.9 Å². The number of aryl methyl sites for hydroxylation is 1. The molecule has 0 spiro atoms. The van der Waals surface area contributed by atoms with Crippen molar-refractivity contribution < 1.29 is 19.5 Å². The van der Waals surface area contributed by atoms with Crippen molar-refractivity contribution in [2.45, 2.75) is 32.6 Å². The van der Waals surface area contributed by atoms with Crippen LogP contribution in [0.3, 0.4) is 0 Å². The summed E-state index contributed by atoms with van der Waals surface area (Å²) in [4.78, 5) is 31.8. The molecule has 2 heterocycles. The van der Waals surface area contributed by atoms with Crippen molar-refractivity contribution in [2.24, 2.45) is 0 Å². The van der Waals surface area contributed by atoms with E-state index in [9.17, 15) is 14.8 Å². The summed E-state index contributed by atoms with van der Waals surface area (Å²) in [5.74, 6) is -0.224. The number of ketones is 1. The highest BCUT2D eigenvalue weighted by molar-refractivity contribution is 6.30. The lowest BCUT2D eigenvalue weighted by Crippen LogP contribution is -2.42. The number of rotatable bonds is 7. The van der Waals surface area contributed by atoms with Gasteiger partial charge in [0.2, 0.25) is 0 Å². The summed E-state index contributed by atoms with van der Waals surface area (Å²) in [6.45, 7) is 3.78. The minimum absolute atomic E-state index is 0.0375. The second kappa shape index (κ2) is 9.95. The van der Waals surface area contributed by atoms with Crippen LogP contribution < -0.4 is 4.74 Å². The number of methoxy groups -OCH3 is 1. The Morgan fingerprint density at radius 3 is 2.48 bits per heavy atom. The highest BCUT2D eigenvalue weighted by Gasteiger charge is 2.25. The monoisotopic (exact) mass is 469 g/mol. The lowest BCUT2D eigenvalue weighted by Gasteiger charge is -2.29. The van der Waals surface area contributed by atoms with Crippen molar-refractivity contribution in [1.29, 1.82) is 0 Å². The lowest BCUT2D eigenvalue weighted by molar-refractivity contribution is -0.174. The van der Waals surface area contributed by atoms with E-state index in [1.54, 1.807) is 30.3 Å². The standard InChI is InChI=1S/C25H28ClN3O4/c1-16-19(14-22(30)29(32)15-28-12-4-3-5-13-28)23-20(27-16)10-11-21(33-2)24(23)25(31)17-6-8-18(26)9-7-17/h6-11,27,32H,3-5,12-15H2,1-2H3. The van der Waals surface area contributed by atoms with Crippen LogP contribution >= 0.6 is 11.6 Å². The number of amides is 1. The van der Waals surface area contributed by atoms with Crippen molar-refractivity contribution in [1.82, 2.24) is 14.9 Å². The van der Waals surface area contributed by atoms with E-state index in [0.29, 0.717) is 32.8 Å². The van der Waals surface area contributed by atoms with E-state index in [-0.39, 0.29) is 18.9 Å². The van der Waals surface area contributed by atoms with Crippen molar-refractivity contribution in [3.63, 3.8) is 0 Å². The minimum atomic E-state index is -0.419. The molecule has 174 valence electrons. The number of H-pyrrole nitrogens is 1. The SMILES string of the molecule is COc1ccc2[nH]c(C)c(CC(=O)N(O)CN3CCCCC3)c2c1C(=O)c1ccc(Cl)cc1. The van der Waals surface area contributed by atoms with Gasteiger partial charge < -0.3 is 9.72 Å². The molecule has 0 radical (unpaired) electrons. The maximum absolute atomic E-state index is 13.5. The van der Waals surface area contributed by atoms with Crippen LogP contribution in [-0.4, -0.2) is 58.7 Å². The third kappa shape index (κ3) is 4.90. The number of ether oxygens (including phenoxy) is 1. The zero-order valence-corrected chi connectivity index (χ0v) is 19.6. The smallest absolute Gasteiger partial charge is 0.251 e. The molecule has 2 N–H and O–H groups in total. The Kier molecular flexibility index (Phi) is 7.02. The summed E-state index contributed by atoms with van der Waals surface area (Å²) in [7, 11) is 1.51. The molecule has 0 bridgehead atoms. The summed E-state index contributed by atoms with van der Waals surface area (Å²) in [6.07, 6.45) is 3.28. The Labute approximate surface area is 197 Å². The number of carbonyl (C=O) groups is 2. The molecule has 1 aromatic heterocycles. The first-order valence-electron chi connectivity index (χ1n) is 11.1. The van der Waals surface area contributed by atoms with Gasteiger partial charge in [0.25, 0.3) is 5.91 Å². The predicted octanol–water partition coefficient (Wildman–Crippen LogP) is 4.57. The molecule has 4 rings (SSSR count). The van der Waals surface area contributed by atoms with Gasteiger partial charge in [-0.3, -0.25) is 19.7 Å². The number of benzene rings is 2. The molecule has 1 amide bonds. The number of aromatic nitrogens is 1. The van der Waals surface area contributed by atoms with E-state index in [2.05, 4.69) is 9.88 Å². The van der Waals surface area contributed by atoms with Crippen LogP contribution in [0, 0.1) is 6.92 Å². The van der Waals surface area contributed by atoms with Gasteiger partial charge >= 0.3 is 0 Å². The molecule has 0 aliphatic carbocycles. The van der Waals surface area contributed by atoms with Gasteiger partial charge in [0, 0.05) is 27.2 Å². The second-order valence-corrected chi connectivity index (χ2v) is 8.86. The lowest BCUT2D eigenvalue weighted by atomic mass is 9.95. The number of piperidine rings is 1. The number of hydrogen-bond acceptors (Lipinski definition) is 5. The van der Waals surface area contributed by atoms with Gasteiger partial charge in [-0.05, 0) is 74.8 Å². The average molecular weight is 470 g/mol. The molecule has 7 nitrogen and oxygen atoms in total. The van der Waals surface area contributed by atoms with Crippen LogP contribution in [0.5, 0.6) is 5.75 Å². The number of hydroxylamine groups is 2. The quantitative estimate of drug-likeness (QED) is 0.300. The van der Waals surface area contributed by atoms with E-state index in [4.69, 9.17) is 16.3 Å². The number of aromatic amines is 1. The molecule has 1 aliphatic heterocycles. The first kappa shape index (κ1) is 23.3. The zero-order valence-electron chi connectivity index (χ0n) is 18.9. The van der Waals surface area contributed by atoms with E-state index >= 15 is 0 Å². The van der Waals surface area contributed by atoms with Gasteiger partial charge in [-0.2, -0.15) is 0 Å². The molecule has 3 aromatic rings. The Balaban J connectivity index is 1.69. The van der Waals surface area contributed by atoms with Gasteiger partial charge in [0.1, 0.15) is 12.4 Å². The van der Waals surface area contributed by atoms with E-state index in [1.807, 2.05) is 13.0 Å². The van der Waals surface area contributed by atoms with Crippen molar-refractivity contribution in [2.75, 3.05) is 26.9 Å². The molecule has 1 saturated heterocycles. The van der Waals surface area contributed by atoms with Crippen LogP contribution in [-0.2, 0) is 11.2 Å². The molecular weight excluding hydrogens is 442 g/mol. The zero-order chi connectivity index (χ0) is 23.5. The Morgan fingerprint density at radius 1 is 1.12 bits per heavy atom. The summed E-state index contributed by atoms with van der Waals surface area (Å²) in [5, 5.41) is 12.4. The van der Waals surface area contributed by atoms with E-state index in [1.165, 1.54) is 13.5 Å². The number of fused-ring (bicyclic) bond motifs is 1. The van der Waals surface area contributed by atoms with Crippen molar-refractivity contribution in [3.8, 4) is 5.75 Å². The molecule has 0 atom stereocenters. The first-order chi connectivity index (χ1) is 15.9. The Morgan fingerprint density at radius 2 is 1.82 bits per heavy atom. The average Bonchev–Trinajstić information content (AvgIpc) is 3.13. The molecule has 8 heteroatoms. The van der Waals surface area contributed by atoms with Gasteiger partial charge in [-0.1, -0.05) is 18.0 Å². The first-order valence-corrected chi connectivity index (χ1v) is 11.5. The topological polar surface area (TPSA) is 85.9 Å². The Hall–Kier alpha value is -2.87. The summed E-state index contributed by atoms with van der Waals surface area (Å²) in [5.41, 5.74) is 3.01. The minimum Gasteiger partial charge on any atom is -0.496 e. The molecule has 0 unspecified atom stereocenters. The molecule has 0 saturated carbocycles. The second-order valence-electron chi connectivity index (χ2n) is 8.42. The van der Waals surface area contributed by atoms with Gasteiger partial charge in [-0.15, -0.1) is 0 Å². The van der Waals surface area contributed by atoms with Crippen LogP contribution in [0.1, 0.15) is 46.4 Å². The number of nitrogens with zero attached hydrogens (tertiary/aromatic N) is 2. The van der Waals surface area contributed by atoms with E-state index in [0.717, 1.165) is 42.2 Å². The van der Waals surface area contributed by atoms with Crippen LogP contribution in [0.15, 0.2) is 36.4 Å². The number of nitrogens with one attached hydrogen (secondary N) is 1. The number of halogens is 1. The Bertz CT molecular complexity index is 1170. The largest absolute Gasteiger partial charge is 0.496 e. The fourth-order valence-electron chi connectivity index (χ4n) is 4.44. The van der Waals surface area contributed by atoms with E-state index < -0.39 is 5.91 Å². The third-order valence-corrected chi connectivity index (χ3v) is 6.45. The molecule has 1 fully saturated rings. The van der Waals surface area contributed by atoms with Crippen LogP contribution in [0.4, 0.5) is 0 Å². The van der Waals surface area contributed by atoms with Gasteiger partial charge in [0.15, 0.2) is 5.78 Å². The highest BCUT2D eigenvalue weighted by atomic mass is 35.5. The number of hydrogen-bond donors (Lipinski definition) is 2. The number of carbonyl (C=O) groups excluding carboxylic acids is 2. The van der Waals surface area contributed by atoms with Crippen molar-refractivity contribution in [3.05, 3.63) is 63.8 Å². The summed E-state index contributed by atoms with van der Waals surface area (Å²) < 4.78 is 5.52. The number of likely N-dealkylation sites (tertiary alicyclic amines) is 1. The third-order valence-electron chi connectivity index (χ3n) is 6.20. The fourth-order valence-corrected chi connectivity index (χ4v) is 4.57. The summed E-state index contributed by atoms with van der Waals surface area (Å²) in [6, 6.07) is 10.2. The van der Waals surface area contributed by atoms with Gasteiger partial charge in [0.05, 0.1) is 19.1 Å². The van der Waals surface area contributed by atoms with Crippen LogP contribution in [0.2, 0.25) is 5.02 Å². The normalized spacial score (nSPS) is 14.4. The molecule has 1 aliphatic rings. The summed E-state index contributed by atoms with van der Waals surface area (Å²) >= 11 is 5.99. The maximum Gasteiger partial charge on any atom is 0.251 e. The van der Waals surface area contributed by atoms with Crippen molar-refractivity contribution >= 4 is 34.2 Å². The van der Waals surface area contributed by atoms with Gasteiger partial charge in [-0.25, -0.2) is 5.06 Å². The molecular formula is C25H28ClN3O4. The molecule has 2 aromatic carbocycles. The fraction of sp³-hybridized carbons (Fsp3) is 0.360.